The summed E-state index contributed by atoms with van der Waals surface area (Å²) in [5, 5.41) is 16.0. The van der Waals surface area contributed by atoms with Crippen LogP contribution in [0.5, 0.6) is 5.75 Å². The first-order valence-corrected chi connectivity index (χ1v) is 12.0. The maximum Gasteiger partial charge on any atom is 0.246 e. The number of benzene rings is 2. The highest BCUT2D eigenvalue weighted by Crippen LogP contribution is 2.54. The number of rotatable bonds is 7. The number of phenolic OH excluding ortho intramolecular Hbond substituents is 1. The molecule has 3 aliphatic heterocycles. The van der Waals surface area contributed by atoms with E-state index < -0.39 is 5.54 Å². The lowest BCUT2D eigenvalue weighted by atomic mass is 9.57. The number of hydrogen-bond acceptors (Lipinski definition) is 4. The van der Waals surface area contributed by atoms with E-state index in [9.17, 15) is 14.7 Å². The average Bonchev–Trinajstić information content (AvgIpc) is 3.10. The summed E-state index contributed by atoms with van der Waals surface area (Å²) < 4.78 is 0. The summed E-state index contributed by atoms with van der Waals surface area (Å²) in [5.41, 5.74) is 1.31. The predicted molar refractivity (Wildman–Crippen MR) is 126 cm³/mol. The molecular weight excluding hydrogens is 414 g/mol. The first kappa shape index (κ1) is 22.0. The maximum absolute atomic E-state index is 13.7. The smallest absolute Gasteiger partial charge is 0.246 e. The van der Waals surface area contributed by atoms with Gasteiger partial charge in [0.05, 0.1) is 5.92 Å². The van der Waals surface area contributed by atoms with E-state index in [2.05, 4.69) is 29.4 Å². The van der Waals surface area contributed by atoms with Crippen LogP contribution in [0.1, 0.15) is 37.8 Å². The van der Waals surface area contributed by atoms with Gasteiger partial charge in [-0.2, -0.15) is 0 Å². The standard InChI is InChI=1S/C27H33N3O3/c1-17(2)12-22-24-23-20(16-30(24)15-19-8-10-21(31)11-9-19)13-27(22,29-25(23)32)26(33)28-14-18-6-4-3-5-7-18/h3-11,17,20,22-24,31H,12-16H2,1-2H3,(H,28,33)(H,29,32). The van der Waals surface area contributed by atoms with Gasteiger partial charge in [0.15, 0.2) is 0 Å². The minimum absolute atomic E-state index is 0.0272. The molecule has 6 rings (SSSR count). The number of nitrogens with one attached hydrogen (secondary N) is 2. The van der Waals surface area contributed by atoms with Gasteiger partial charge in [0.1, 0.15) is 11.3 Å². The van der Waals surface area contributed by atoms with Crippen LogP contribution in [0.4, 0.5) is 0 Å². The molecule has 3 N–H and O–H groups in total. The third-order valence-electron chi connectivity index (χ3n) is 7.79. The van der Waals surface area contributed by atoms with Crippen LogP contribution in [-0.4, -0.2) is 39.9 Å². The highest BCUT2D eigenvalue weighted by molar-refractivity contribution is 5.96. The van der Waals surface area contributed by atoms with Crippen molar-refractivity contribution in [2.75, 3.05) is 6.54 Å². The van der Waals surface area contributed by atoms with Crippen molar-refractivity contribution >= 4 is 11.8 Å². The highest BCUT2D eigenvalue weighted by Gasteiger charge is 2.67. The first-order chi connectivity index (χ1) is 15.9. The molecule has 4 bridgehead atoms. The van der Waals surface area contributed by atoms with Crippen LogP contribution in [0.2, 0.25) is 0 Å². The molecule has 1 aliphatic carbocycles. The fraction of sp³-hybridized carbons (Fsp3) is 0.481. The molecule has 0 aromatic heterocycles. The van der Waals surface area contributed by atoms with Crippen molar-refractivity contribution in [1.29, 1.82) is 0 Å². The van der Waals surface area contributed by atoms with E-state index >= 15 is 0 Å². The minimum Gasteiger partial charge on any atom is -0.508 e. The number of carbonyl (C=O) groups excluding carboxylic acids is 2. The summed E-state index contributed by atoms with van der Waals surface area (Å²) in [7, 11) is 0. The van der Waals surface area contributed by atoms with Crippen LogP contribution in [0.25, 0.3) is 0 Å². The number of piperidine rings is 2. The molecule has 0 spiro atoms. The summed E-state index contributed by atoms with van der Waals surface area (Å²) in [5.74, 6) is 0.835. The number of fused-ring (bicyclic) bond motifs is 1. The van der Waals surface area contributed by atoms with Gasteiger partial charge in [0.2, 0.25) is 11.8 Å². The number of likely N-dealkylation sites (tertiary alicyclic amines) is 1. The molecule has 3 saturated heterocycles. The van der Waals surface area contributed by atoms with E-state index in [0.29, 0.717) is 18.9 Å². The Balaban J connectivity index is 1.43. The Hall–Kier alpha value is -2.86. The zero-order valence-corrected chi connectivity index (χ0v) is 19.3. The summed E-state index contributed by atoms with van der Waals surface area (Å²) >= 11 is 0. The first-order valence-electron chi connectivity index (χ1n) is 12.0. The quantitative estimate of drug-likeness (QED) is 0.609. The van der Waals surface area contributed by atoms with Gasteiger partial charge in [-0.05, 0) is 47.9 Å². The topological polar surface area (TPSA) is 81.7 Å². The molecule has 4 fully saturated rings. The van der Waals surface area contributed by atoms with Gasteiger partial charge in [-0.1, -0.05) is 56.3 Å². The Kier molecular flexibility index (Phi) is 5.65. The second-order valence-corrected chi connectivity index (χ2v) is 10.4. The lowest BCUT2D eigenvalue weighted by Crippen LogP contribution is -2.75. The van der Waals surface area contributed by atoms with E-state index in [1.54, 1.807) is 12.1 Å². The molecule has 1 saturated carbocycles. The minimum atomic E-state index is -0.857. The molecule has 5 unspecified atom stereocenters. The number of aromatic hydroxyl groups is 1. The number of hydrogen-bond donors (Lipinski definition) is 3. The van der Waals surface area contributed by atoms with Gasteiger partial charge < -0.3 is 15.7 Å². The van der Waals surface area contributed by atoms with E-state index in [-0.39, 0.29) is 41.4 Å². The van der Waals surface area contributed by atoms with Gasteiger partial charge in [-0.25, -0.2) is 0 Å². The van der Waals surface area contributed by atoms with Crippen molar-refractivity contribution in [2.45, 2.75) is 51.4 Å². The zero-order chi connectivity index (χ0) is 23.2. The SMILES string of the molecule is CC(C)CC1C2C3C(=O)NC1(C(=O)NCc1ccccc1)CC3CN2Cc1ccc(O)cc1. The molecule has 0 radical (unpaired) electrons. The Bertz CT molecular complexity index is 1020. The Morgan fingerprint density at radius 2 is 1.88 bits per heavy atom. The Morgan fingerprint density at radius 3 is 2.58 bits per heavy atom. The van der Waals surface area contributed by atoms with Crippen LogP contribution < -0.4 is 10.6 Å². The molecule has 3 heterocycles. The fourth-order valence-corrected chi connectivity index (χ4v) is 6.52. The zero-order valence-electron chi connectivity index (χ0n) is 19.3. The number of nitrogens with zero attached hydrogens (tertiary/aromatic N) is 1. The van der Waals surface area contributed by atoms with Gasteiger partial charge in [0, 0.05) is 31.6 Å². The van der Waals surface area contributed by atoms with Crippen LogP contribution in [0.3, 0.4) is 0 Å². The third kappa shape index (κ3) is 3.90. The summed E-state index contributed by atoms with van der Waals surface area (Å²) in [6, 6.07) is 17.3. The monoisotopic (exact) mass is 447 g/mol. The molecule has 2 aromatic rings. The summed E-state index contributed by atoms with van der Waals surface area (Å²) in [4.78, 5) is 29.4. The normalized spacial score (nSPS) is 30.5. The molecule has 2 amide bonds. The van der Waals surface area contributed by atoms with E-state index in [1.165, 1.54) is 0 Å². The predicted octanol–water partition coefficient (Wildman–Crippen LogP) is 3.06. The van der Waals surface area contributed by atoms with Gasteiger partial charge in [0.25, 0.3) is 0 Å². The molecule has 33 heavy (non-hydrogen) atoms. The van der Waals surface area contributed by atoms with Crippen molar-refractivity contribution in [2.24, 2.45) is 23.7 Å². The molecule has 6 nitrogen and oxygen atoms in total. The van der Waals surface area contributed by atoms with E-state index in [4.69, 9.17) is 0 Å². The van der Waals surface area contributed by atoms with Crippen molar-refractivity contribution in [3.05, 3.63) is 65.7 Å². The van der Waals surface area contributed by atoms with E-state index in [0.717, 1.165) is 30.6 Å². The Labute approximate surface area is 195 Å². The second-order valence-electron chi connectivity index (χ2n) is 10.4. The average molecular weight is 448 g/mol. The maximum atomic E-state index is 13.7. The number of carbonyl (C=O) groups is 2. The van der Waals surface area contributed by atoms with Crippen LogP contribution in [-0.2, 0) is 22.7 Å². The molecule has 4 aliphatic rings. The van der Waals surface area contributed by atoms with Crippen LogP contribution >= 0.6 is 0 Å². The van der Waals surface area contributed by atoms with Crippen molar-refractivity contribution in [3.63, 3.8) is 0 Å². The van der Waals surface area contributed by atoms with Crippen LogP contribution in [0.15, 0.2) is 54.6 Å². The second kappa shape index (κ2) is 8.49. The molecule has 174 valence electrons. The molecule has 2 aromatic carbocycles. The van der Waals surface area contributed by atoms with Crippen LogP contribution in [0, 0.1) is 23.7 Å². The van der Waals surface area contributed by atoms with Gasteiger partial charge in [-0.15, -0.1) is 0 Å². The highest BCUT2D eigenvalue weighted by atomic mass is 16.3. The largest absolute Gasteiger partial charge is 0.508 e. The number of amides is 2. The summed E-state index contributed by atoms with van der Waals surface area (Å²) in [6.45, 7) is 6.39. The van der Waals surface area contributed by atoms with Crippen molar-refractivity contribution in [3.8, 4) is 5.75 Å². The van der Waals surface area contributed by atoms with E-state index in [1.807, 2.05) is 42.5 Å². The van der Waals surface area contributed by atoms with Crippen molar-refractivity contribution < 1.29 is 14.7 Å². The summed E-state index contributed by atoms with van der Waals surface area (Å²) in [6.07, 6.45) is 1.59. The fourth-order valence-electron chi connectivity index (χ4n) is 6.52. The lowest BCUT2D eigenvalue weighted by Gasteiger charge is -2.55. The van der Waals surface area contributed by atoms with Gasteiger partial charge >= 0.3 is 0 Å². The molecular formula is C27H33N3O3. The molecule has 5 atom stereocenters. The number of phenols is 1. The van der Waals surface area contributed by atoms with Gasteiger partial charge in [-0.3, -0.25) is 14.5 Å². The third-order valence-corrected chi connectivity index (χ3v) is 7.79. The Morgan fingerprint density at radius 1 is 1.15 bits per heavy atom. The lowest BCUT2D eigenvalue weighted by molar-refractivity contribution is -0.155. The van der Waals surface area contributed by atoms with Crippen molar-refractivity contribution in [1.82, 2.24) is 15.5 Å². The molecule has 6 heteroatoms.